The number of nitrogens with one attached hydrogen (secondary N) is 2. The van der Waals surface area contributed by atoms with Crippen LogP contribution in [0.5, 0.6) is 0 Å². The van der Waals surface area contributed by atoms with E-state index in [1.165, 1.54) is 0 Å². The van der Waals surface area contributed by atoms with Crippen LogP contribution in [0.25, 0.3) is 10.9 Å². The average molecular weight is 418 g/mol. The number of carbonyl (C=O) groups is 2. The summed E-state index contributed by atoms with van der Waals surface area (Å²) in [5, 5.41) is 8.16. The molecule has 2 saturated heterocycles. The lowest BCUT2D eigenvalue weighted by Crippen LogP contribution is -2.44. The molecule has 0 unspecified atom stereocenters. The van der Waals surface area contributed by atoms with Gasteiger partial charge in [-0.1, -0.05) is 35.5 Å². The third-order valence-corrected chi connectivity index (χ3v) is 6.66. The summed E-state index contributed by atoms with van der Waals surface area (Å²) >= 11 is 0. The summed E-state index contributed by atoms with van der Waals surface area (Å²) < 4.78 is 11.3. The molecule has 3 aliphatic heterocycles. The van der Waals surface area contributed by atoms with Crippen LogP contribution >= 0.6 is 0 Å². The van der Waals surface area contributed by atoms with Gasteiger partial charge in [0.25, 0.3) is 0 Å². The van der Waals surface area contributed by atoms with E-state index in [-0.39, 0.29) is 17.9 Å². The second-order valence-corrected chi connectivity index (χ2v) is 8.52. The fourth-order valence-corrected chi connectivity index (χ4v) is 5.25. The second kappa shape index (κ2) is 6.55. The lowest BCUT2D eigenvalue weighted by Gasteiger charge is -2.23. The highest BCUT2D eigenvalue weighted by atomic mass is 16.5. The van der Waals surface area contributed by atoms with Gasteiger partial charge < -0.3 is 19.6 Å². The number of aromatic nitrogens is 2. The first-order valence-corrected chi connectivity index (χ1v) is 10.5. The first kappa shape index (κ1) is 18.4. The molecular formula is C23H22N4O4. The number of ether oxygens (including phenoxy) is 1. The molecule has 2 bridgehead atoms. The first-order valence-electron chi connectivity index (χ1n) is 10.5. The van der Waals surface area contributed by atoms with Gasteiger partial charge in [-0.3, -0.25) is 14.5 Å². The monoisotopic (exact) mass is 418 g/mol. The van der Waals surface area contributed by atoms with Crippen LogP contribution in [0.15, 0.2) is 53.2 Å². The van der Waals surface area contributed by atoms with Crippen molar-refractivity contribution in [3.8, 4) is 0 Å². The van der Waals surface area contributed by atoms with E-state index in [2.05, 4.69) is 21.5 Å². The molecule has 2 aromatic heterocycles. The van der Waals surface area contributed by atoms with Crippen LogP contribution < -0.4 is 10.2 Å². The number of benzene rings is 1. The average Bonchev–Trinajstić information content (AvgIpc) is 3.56. The molecular weight excluding hydrogens is 396 g/mol. The van der Waals surface area contributed by atoms with E-state index in [9.17, 15) is 9.59 Å². The standard InChI is InChI=1S/C23H22N4O4/c1-13-10-18(26-31-13)27-12-23-8-6-17(30-23)19(20(23)22(27)29)21(28)24-9-7-14-11-25-16-5-3-2-4-15(14)16/h2-6,8,10-11,17,19-20,25H,7,9,12H2,1H3,(H,24,28)/t17-,19+,20+,23-/m1/s1. The molecule has 4 atom stereocenters. The summed E-state index contributed by atoms with van der Waals surface area (Å²) in [4.78, 5) is 31.2. The fraction of sp³-hybridized carbons (Fsp3) is 0.348. The fourth-order valence-electron chi connectivity index (χ4n) is 5.25. The second-order valence-electron chi connectivity index (χ2n) is 8.52. The van der Waals surface area contributed by atoms with Crippen LogP contribution in [0.2, 0.25) is 0 Å². The van der Waals surface area contributed by atoms with Crippen molar-refractivity contribution < 1.29 is 18.8 Å². The van der Waals surface area contributed by atoms with E-state index in [0.717, 1.165) is 16.5 Å². The number of H-pyrrole nitrogens is 1. The number of fused-ring (bicyclic) bond motifs is 2. The maximum Gasteiger partial charge on any atom is 0.235 e. The van der Waals surface area contributed by atoms with E-state index in [0.29, 0.717) is 31.1 Å². The Bertz CT molecular complexity index is 1230. The van der Waals surface area contributed by atoms with Crippen LogP contribution in [-0.2, 0) is 20.7 Å². The number of nitrogens with zero attached hydrogens (tertiary/aromatic N) is 2. The molecule has 0 radical (unpaired) electrons. The molecule has 8 heteroatoms. The van der Waals surface area contributed by atoms with Crippen molar-refractivity contribution in [3.05, 3.63) is 60.0 Å². The van der Waals surface area contributed by atoms with Crippen molar-refractivity contribution in [2.24, 2.45) is 11.8 Å². The third kappa shape index (κ3) is 2.68. The van der Waals surface area contributed by atoms with Crippen molar-refractivity contribution in [3.63, 3.8) is 0 Å². The van der Waals surface area contributed by atoms with E-state index >= 15 is 0 Å². The minimum absolute atomic E-state index is 0.142. The highest BCUT2D eigenvalue weighted by Crippen LogP contribution is 2.52. The number of anilines is 1. The predicted molar refractivity (Wildman–Crippen MR) is 112 cm³/mol. The number of aromatic amines is 1. The summed E-state index contributed by atoms with van der Waals surface area (Å²) in [6.07, 6.45) is 6.16. The summed E-state index contributed by atoms with van der Waals surface area (Å²) in [6, 6.07) is 9.82. The van der Waals surface area contributed by atoms with Gasteiger partial charge in [-0.2, -0.15) is 0 Å². The van der Waals surface area contributed by atoms with Gasteiger partial charge in [-0.05, 0) is 25.0 Å². The highest BCUT2D eigenvalue weighted by molar-refractivity contribution is 6.02. The van der Waals surface area contributed by atoms with Gasteiger partial charge in [0.05, 0.1) is 24.5 Å². The Hall–Kier alpha value is -3.39. The Kier molecular flexibility index (Phi) is 3.89. The minimum Gasteiger partial charge on any atom is -0.361 e. The molecule has 158 valence electrons. The molecule has 31 heavy (non-hydrogen) atoms. The van der Waals surface area contributed by atoms with Gasteiger partial charge in [0.15, 0.2) is 5.82 Å². The number of aryl methyl sites for hydroxylation is 1. The Labute approximate surface area is 178 Å². The lowest BCUT2D eigenvalue weighted by atomic mass is 9.77. The van der Waals surface area contributed by atoms with Gasteiger partial charge >= 0.3 is 0 Å². The predicted octanol–water partition coefficient (Wildman–Crippen LogP) is 2.11. The maximum atomic E-state index is 13.2. The van der Waals surface area contributed by atoms with Crippen LogP contribution in [0.3, 0.4) is 0 Å². The first-order chi connectivity index (χ1) is 15.1. The zero-order chi connectivity index (χ0) is 21.2. The maximum absolute atomic E-state index is 13.2. The lowest BCUT2D eigenvalue weighted by molar-refractivity contribution is -0.131. The summed E-state index contributed by atoms with van der Waals surface area (Å²) in [5.74, 6) is -0.287. The molecule has 8 nitrogen and oxygen atoms in total. The molecule has 0 saturated carbocycles. The van der Waals surface area contributed by atoms with Crippen LogP contribution in [0, 0.1) is 18.8 Å². The van der Waals surface area contributed by atoms with Crippen molar-refractivity contribution in [2.45, 2.75) is 25.0 Å². The van der Waals surface area contributed by atoms with E-state index in [4.69, 9.17) is 9.26 Å². The van der Waals surface area contributed by atoms with Crippen LogP contribution in [0.4, 0.5) is 5.82 Å². The summed E-state index contributed by atoms with van der Waals surface area (Å²) in [7, 11) is 0. The number of para-hydroxylation sites is 1. The van der Waals surface area contributed by atoms with Crippen molar-refractivity contribution in [2.75, 3.05) is 18.0 Å². The van der Waals surface area contributed by atoms with Crippen LogP contribution in [-0.4, -0.2) is 46.7 Å². The molecule has 3 aliphatic rings. The van der Waals surface area contributed by atoms with Crippen molar-refractivity contribution >= 4 is 28.5 Å². The molecule has 1 spiro atoms. The Morgan fingerprint density at radius 3 is 3.10 bits per heavy atom. The normalized spacial score (nSPS) is 28.6. The quantitative estimate of drug-likeness (QED) is 0.618. The molecule has 0 aliphatic carbocycles. The highest BCUT2D eigenvalue weighted by Gasteiger charge is 2.67. The van der Waals surface area contributed by atoms with E-state index in [1.54, 1.807) is 17.9 Å². The van der Waals surface area contributed by atoms with Gasteiger partial charge in [0.1, 0.15) is 11.4 Å². The topological polar surface area (TPSA) is 100 Å². The zero-order valence-electron chi connectivity index (χ0n) is 17.0. The molecule has 5 heterocycles. The van der Waals surface area contributed by atoms with Gasteiger partial charge in [-0.15, -0.1) is 0 Å². The van der Waals surface area contributed by atoms with Crippen molar-refractivity contribution in [1.82, 2.24) is 15.5 Å². The zero-order valence-corrected chi connectivity index (χ0v) is 17.0. The number of hydrogen-bond donors (Lipinski definition) is 2. The summed E-state index contributed by atoms with van der Waals surface area (Å²) in [6.45, 7) is 2.62. The number of hydrogen-bond acceptors (Lipinski definition) is 5. The SMILES string of the molecule is Cc1cc(N2C[C@@]34C=C[C@@H](O3)[C@H](C(=O)NCCc3c[nH]c5ccccc35)[C@H]4C2=O)no1. The third-order valence-electron chi connectivity index (χ3n) is 6.66. The number of rotatable bonds is 5. The number of amides is 2. The Morgan fingerprint density at radius 2 is 2.26 bits per heavy atom. The van der Waals surface area contributed by atoms with Crippen molar-refractivity contribution in [1.29, 1.82) is 0 Å². The van der Waals surface area contributed by atoms with E-state index in [1.807, 2.05) is 36.5 Å². The molecule has 6 rings (SSSR count). The largest absolute Gasteiger partial charge is 0.361 e. The molecule has 2 amide bonds. The van der Waals surface area contributed by atoms with E-state index < -0.39 is 17.4 Å². The molecule has 1 aromatic carbocycles. The smallest absolute Gasteiger partial charge is 0.235 e. The van der Waals surface area contributed by atoms with Crippen LogP contribution in [0.1, 0.15) is 11.3 Å². The number of carbonyl (C=O) groups excluding carboxylic acids is 2. The summed E-state index contributed by atoms with van der Waals surface area (Å²) in [5.41, 5.74) is 1.46. The van der Waals surface area contributed by atoms with Gasteiger partial charge in [0, 0.05) is 29.7 Å². The Morgan fingerprint density at radius 1 is 1.39 bits per heavy atom. The Balaban J connectivity index is 1.18. The van der Waals surface area contributed by atoms with Gasteiger partial charge in [-0.25, -0.2) is 0 Å². The minimum atomic E-state index is -0.770. The van der Waals surface area contributed by atoms with Gasteiger partial charge in [0.2, 0.25) is 11.8 Å². The molecule has 2 N–H and O–H groups in total. The molecule has 2 fully saturated rings. The molecule has 3 aromatic rings.